The standard InChI is InChI=1S/C28H21ClF3N5OS2/c1-17-6-5-9-20(12-17)37-25(19-7-3-2-4-8-19)35-36-27(37)39-16-24(38)34-26-33-15-21(40-26)13-18-10-11-23(29)22(14-18)28(30,31)32/h2-12,14-15H,13,16H2,1H3,(H,33,34,38). The van der Waals surface area contributed by atoms with Crippen molar-refractivity contribution in [3.05, 3.63) is 106 Å². The highest BCUT2D eigenvalue weighted by molar-refractivity contribution is 7.99. The lowest BCUT2D eigenvalue weighted by atomic mass is 10.1. The summed E-state index contributed by atoms with van der Waals surface area (Å²) in [5, 5.41) is 12.1. The number of carbonyl (C=O) groups is 1. The van der Waals surface area contributed by atoms with Gasteiger partial charge in [0.25, 0.3) is 0 Å². The van der Waals surface area contributed by atoms with E-state index in [-0.39, 0.29) is 23.1 Å². The van der Waals surface area contributed by atoms with Crippen molar-refractivity contribution in [1.82, 2.24) is 19.7 Å². The topological polar surface area (TPSA) is 72.7 Å². The number of alkyl halides is 3. The molecule has 5 aromatic rings. The maximum atomic E-state index is 13.2. The third-order valence-corrected chi connectivity index (χ3v) is 7.94. The van der Waals surface area contributed by atoms with Crippen molar-refractivity contribution in [2.24, 2.45) is 0 Å². The molecule has 0 saturated carbocycles. The van der Waals surface area contributed by atoms with E-state index in [2.05, 4.69) is 20.5 Å². The van der Waals surface area contributed by atoms with E-state index < -0.39 is 11.7 Å². The van der Waals surface area contributed by atoms with Gasteiger partial charge in [0.05, 0.1) is 16.3 Å². The van der Waals surface area contributed by atoms with Gasteiger partial charge in [-0.1, -0.05) is 71.9 Å². The van der Waals surface area contributed by atoms with Gasteiger partial charge in [0.15, 0.2) is 16.1 Å². The molecule has 0 radical (unpaired) electrons. The first kappa shape index (κ1) is 27.9. The number of thiazole rings is 1. The lowest BCUT2D eigenvalue weighted by molar-refractivity contribution is -0.137. The fourth-order valence-corrected chi connectivity index (χ4v) is 5.81. The van der Waals surface area contributed by atoms with E-state index in [0.29, 0.717) is 26.6 Å². The van der Waals surface area contributed by atoms with Crippen molar-refractivity contribution in [1.29, 1.82) is 0 Å². The second-order valence-corrected chi connectivity index (χ2v) is 11.3. The molecule has 6 nitrogen and oxygen atoms in total. The molecule has 2 aromatic heterocycles. The van der Waals surface area contributed by atoms with E-state index >= 15 is 0 Å². The highest BCUT2D eigenvalue weighted by atomic mass is 35.5. The Bertz CT molecular complexity index is 1650. The van der Waals surface area contributed by atoms with Gasteiger partial charge in [0.1, 0.15) is 0 Å². The van der Waals surface area contributed by atoms with Crippen molar-refractivity contribution in [2.45, 2.75) is 24.7 Å². The Morgan fingerprint density at radius 2 is 1.85 bits per heavy atom. The summed E-state index contributed by atoms with van der Waals surface area (Å²) in [6.07, 6.45) is -2.77. The summed E-state index contributed by atoms with van der Waals surface area (Å²) in [4.78, 5) is 17.7. The van der Waals surface area contributed by atoms with Gasteiger partial charge in [0.2, 0.25) is 5.91 Å². The van der Waals surface area contributed by atoms with Crippen molar-refractivity contribution in [3.8, 4) is 17.1 Å². The third-order valence-electron chi connectivity index (χ3n) is 5.77. The first-order chi connectivity index (χ1) is 19.2. The number of hydrogen-bond acceptors (Lipinski definition) is 6. The zero-order valence-electron chi connectivity index (χ0n) is 20.9. The van der Waals surface area contributed by atoms with E-state index in [0.717, 1.165) is 22.9 Å². The molecule has 1 N–H and O–H groups in total. The molecule has 0 spiro atoms. The minimum absolute atomic E-state index is 0.0553. The van der Waals surface area contributed by atoms with Crippen LogP contribution in [0.2, 0.25) is 5.02 Å². The van der Waals surface area contributed by atoms with E-state index in [1.807, 2.05) is 66.1 Å². The fraction of sp³-hybridized carbons (Fsp3) is 0.143. The number of amides is 1. The quantitative estimate of drug-likeness (QED) is 0.185. The molecule has 0 aliphatic rings. The van der Waals surface area contributed by atoms with Crippen LogP contribution in [-0.4, -0.2) is 31.4 Å². The Morgan fingerprint density at radius 3 is 2.60 bits per heavy atom. The molecule has 0 aliphatic heterocycles. The maximum absolute atomic E-state index is 13.2. The van der Waals surface area contributed by atoms with Crippen molar-refractivity contribution in [3.63, 3.8) is 0 Å². The molecule has 40 heavy (non-hydrogen) atoms. The highest BCUT2D eigenvalue weighted by Gasteiger charge is 2.33. The monoisotopic (exact) mass is 599 g/mol. The van der Waals surface area contributed by atoms with Crippen molar-refractivity contribution in [2.75, 3.05) is 11.1 Å². The SMILES string of the molecule is Cc1cccc(-n2c(SCC(=O)Nc3ncc(Cc4ccc(Cl)c(C(F)(F)F)c4)s3)nnc2-c2ccccc2)c1. The molecular formula is C28H21ClF3N5OS2. The van der Waals surface area contributed by atoms with Crippen LogP contribution in [-0.2, 0) is 17.4 Å². The first-order valence-electron chi connectivity index (χ1n) is 12.0. The Morgan fingerprint density at radius 1 is 1.05 bits per heavy atom. The number of hydrogen-bond donors (Lipinski definition) is 1. The van der Waals surface area contributed by atoms with E-state index in [1.165, 1.54) is 35.4 Å². The Kier molecular flexibility index (Phi) is 8.24. The van der Waals surface area contributed by atoms with Gasteiger partial charge in [-0.2, -0.15) is 13.2 Å². The predicted octanol–water partition coefficient (Wildman–Crippen LogP) is 7.69. The van der Waals surface area contributed by atoms with Crippen LogP contribution < -0.4 is 5.32 Å². The van der Waals surface area contributed by atoms with Gasteiger partial charge in [-0.15, -0.1) is 21.5 Å². The summed E-state index contributed by atoms with van der Waals surface area (Å²) in [7, 11) is 0. The lowest BCUT2D eigenvalue weighted by Crippen LogP contribution is -2.14. The van der Waals surface area contributed by atoms with Crippen molar-refractivity contribution >= 4 is 45.7 Å². The minimum atomic E-state index is -4.54. The Hall–Kier alpha value is -3.67. The summed E-state index contributed by atoms with van der Waals surface area (Å²) in [6.45, 7) is 2.00. The van der Waals surface area contributed by atoms with Gasteiger partial charge in [-0.3, -0.25) is 9.36 Å². The number of benzene rings is 3. The molecule has 0 atom stereocenters. The second kappa shape index (κ2) is 11.8. The van der Waals surface area contributed by atoms with Gasteiger partial charge >= 0.3 is 6.18 Å². The molecule has 12 heteroatoms. The largest absolute Gasteiger partial charge is 0.417 e. The summed E-state index contributed by atoms with van der Waals surface area (Å²) < 4.78 is 41.5. The molecule has 0 fully saturated rings. The molecule has 3 aromatic carbocycles. The smallest absolute Gasteiger partial charge is 0.301 e. The number of anilines is 1. The van der Waals surface area contributed by atoms with Crippen LogP contribution in [0.15, 0.2) is 84.1 Å². The van der Waals surface area contributed by atoms with Crippen LogP contribution >= 0.6 is 34.7 Å². The summed E-state index contributed by atoms with van der Waals surface area (Å²) >= 11 is 8.15. The average molecular weight is 600 g/mol. The fourth-order valence-electron chi connectivity index (χ4n) is 3.97. The van der Waals surface area contributed by atoms with Crippen LogP contribution in [0.3, 0.4) is 0 Å². The Labute approximate surface area is 241 Å². The van der Waals surface area contributed by atoms with Crippen LogP contribution in [0.25, 0.3) is 17.1 Å². The average Bonchev–Trinajstić information content (AvgIpc) is 3.55. The molecular weight excluding hydrogens is 579 g/mol. The number of aromatic nitrogens is 4. The molecule has 5 rings (SSSR count). The van der Waals surface area contributed by atoms with Gasteiger partial charge in [-0.05, 0) is 42.3 Å². The second-order valence-electron chi connectivity index (χ2n) is 8.80. The molecule has 2 heterocycles. The normalized spacial score (nSPS) is 11.5. The van der Waals surface area contributed by atoms with Gasteiger partial charge in [0, 0.05) is 28.7 Å². The zero-order chi connectivity index (χ0) is 28.3. The number of thioether (sulfide) groups is 1. The number of rotatable bonds is 8. The number of nitrogens with zero attached hydrogens (tertiary/aromatic N) is 4. The third kappa shape index (κ3) is 6.55. The van der Waals surface area contributed by atoms with Gasteiger partial charge < -0.3 is 5.32 Å². The van der Waals surface area contributed by atoms with Crippen LogP contribution in [0, 0.1) is 6.92 Å². The maximum Gasteiger partial charge on any atom is 0.417 e. The van der Waals surface area contributed by atoms with Gasteiger partial charge in [-0.25, -0.2) is 4.98 Å². The summed E-state index contributed by atoms with van der Waals surface area (Å²) in [6, 6.07) is 21.4. The number of aryl methyl sites for hydroxylation is 1. The zero-order valence-corrected chi connectivity index (χ0v) is 23.3. The molecule has 0 saturated heterocycles. The number of halogens is 4. The summed E-state index contributed by atoms with van der Waals surface area (Å²) in [5.41, 5.74) is 2.42. The molecule has 0 aliphatic carbocycles. The lowest BCUT2D eigenvalue weighted by Gasteiger charge is -2.11. The molecule has 1 amide bonds. The molecule has 0 bridgehead atoms. The number of carbonyl (C=O) groups excluding carboxylic acids is 1. The molecule has 204 valence electrons. The first-order valence-corrected chi connectivity index (χ1v) is 14.2. The highest BCUT2D eigenvalue weighted by Crippen LogP contribution is 2.36. The number of nitrogens with one attached hydrogen (secondary N) is 1. The van der Waals surface area contributed by atoms with E-state index in [4.69, 9.17) is 11.6 Å². The minimum Gasteiger partial charge on any atom is -0.301 e. The van der Waals surface area contributed by atoms with E-state index in [9.17, 15) is 18.0 Å². The molecule has 0 unspecified atom stereocenters. The predicted molar refractivity (Wildman–Crippen MR) is 152 cm³/mol. The van der Waals surface area contributed by atoms with E-state index in [1.54, 1.807) is 6.07 Å². The van der Waals surface area contributed by atoms with Crippen molar-refractivity contribution < 1.29 is 18.0 Å². The Balaban J connectivity index is 1.27. The summed E-state index contributed by atoms with van der Waals surface area (Å²) in [5.74, 6) is 0.422. The van der Waals surface area contributed by atoms with Crippen LogP contribution in [0.1, 0.15) is 21.6 Å². The van der Waals surface area contributed by atoms with Crippen LogP contribution in [0.5, 0.6) is 0 Å². The van der Waals surface area contributed by atoms with Crippen LogP contribution in [0.4, 0.5) is 18.3 Å².